The van der Waals surface area contributed by atoms with Crippen molar-refractivity contribution in [1.82, 2.24) is 0 Å². The number of hydrogen-bond donors (Lipinski definition) is 2. The fourth-order valence-corrected chi connectivity index (χ4v) is 4.30. The Kier molecular flexibility index (Phi) is 4.65. The number of aliphatic hydroxyl groups excluding tert-OH is 2. The molecule has 1 aliphatic carbocycles. The van der Waals surface area contributed by atoms with Crippen molar-refractivity contribution in [2.75, 3.05) is 0 Å². The second kappa shape index (κ2) is 6.95. The molecule has 0 spiro atoms. The van der Waals surface area contributed by atoms with E-state index < -0.39 is 18.3 Å². The van der Waals surface area contributed by atoms with Gasteiger partial charge in [0.15, 0.2) is 0 Å². The summed E-state index contributed by atoms with van der Waals surface area (Å²) in [5.74, 6) is -0.132. The summed E-state index contributed by atoms with van der Waals surface area (Å²) in [6.07, 6.45) is 6.76. The van der Waals surface area contributed by atoms with Crippen molar-refractivity contribution in [3.63, 3.8) is 0 Å². The highest BCUT2D eigenvalue weighted by Crippen LogP contribution is 2.43. The Labute approximate surface area is 154 Å². The van der Waals surface area contributed by atoms with Crippen LogP contribution < -0.4 is 0 Å². The summed E-state index contributed by atoms with van der Waals surface area (Å²) in [6.45, 7) is 3.96. The molecule has 4 nitrogen and oxygen atoms in total. The average molecular weight is 351 g/mol. The van der Waals surface area contributed by atoms with E-state index in [4.69, 9.17) is 4.74 Å². The topological polar surface area (TPSA) is 62.0 Å². The smallest absolute Gasteiger partial charge is 0.105 e. The number of ether oxygens (including phenoxy) is 1. The van der Waals surface area contributed by atoms with Crippen molar-refractivity contribution in [2.24, 2.45) is 16.8 Å². The molecular weight excluding hydrogens is 326 g/mol. The number of rotatable bonds is 3. The zero-order valence-electron chi connectivity index (χ0n) is 15.1. The molecule has 0 amide bonds. The maximum absolute atomic E-state index is 10.9. The second-order valence-electron chi connectivity index (χ2n) is 7.40. The Bertz CT molecular complexity index is 793. The minimum atomic E-state index is -0.748. The van der Waals surface area contributed by atoms with E-state index in [1.54, 1.807) is 0 Å². The molecule has 3 aliphatic rings. The largest absolute Gasteiger partial charge is 0.390 e. The Morgan fingerprint density at radius 3 is 2.77 bits per heavy atom. The lowest BCUT2D eigenvalue weighted by Gasteiger charge is -2.25. The highest BCUT2D eigenvalue weighted by atomic mass is 16.5. The standard InChI is InChI=1S/C22H25NO3/c1-13-19(24)22(26-21(13)20(25)15-7-4-3-5-8-15)18-11-10-16-14(2)23-12-6-9-17(16)18/h3-8,10-13,18-22,24-25H,9H2,1-2H3/t13-,18?,19+,20+,21-,22-/m0/s1. The van der Waals surface area contributed by atoms with Gasteiger partial charge in [0.05, 0.1) is 18.3 Å². The van der Waals surface area contributed by atoms with Crippen LogP contribution in [-0.2, 0) is 4.74 Å². The molecule has 4 rings (SSSR count). The number of aliphatic imine (C=N–C) groups is 1. The van der Waals surface area contributed by atoms with Gasteiger partial charge in [-0.25, -0.2) is 0 Å². The maximum Gasteiger partial charge on any atom is 0.105 e. The van der Waals surface area contributed by atoms with Crippen LogP contribution in [0.4, 0.5) is 0 Å². The third-order valence-corrected chi connectivity index (χ3v) is 5.83. The average Bonchev–Trinajstić information content (AvgIpc) is 3.14. The van der Waals surface area contributed by atoms with Crippen molar-refractivity contribution in [3.8, 4) is 0 Å². The van der Waals surface area contributed by atoms with E-state index in [1.165, 1.54) is 5.57 Å². The van der Waals surface area contributed by atoms with E-state index in [9.17, 15) is 10.2 Å². The van der Waals surface area contributed by atoms with Crippen LogP contribution in [-0.4, -0.2) is 34.2 Å². The predicted molar refractivity (Wildman–Crippen MR) is 102 cm³/mol. The van der Waals surface area contributed by atoms with Crippen LogP contribution in [0.1, 0.15) is 31.9 Å². The second-order valence-corrected chi connectivity index (χ2v) is 7.40. The molecule has 1 fully saturated rings. The van der Waals surface area contributed by atoms with Crippen molar-refractivity contribution >= 4 is 5.71 Å². The van der Waals surface area contributed by atoms with Gasteiger partial charge in [0.25, 0.3) is 0 Å². The molecule has 136 valence electrons. The van der Waals surface area contributed by atoms with Gasteiger partial charge < -0.3 is 14.9 Å². The summed E-state index contributed by atoms with van der Waals surface area (Å²) < 4.78 is 6.26. The van der Waals surface area contributed by atoms with Crippen LogP contribution in [0.5, 0.6) is 0 Å². The molecule has 0 aromatic heterocycles. The quantitative estimate of drug-likeness (QED) is 0.878. The third-order valence-electron chi connectivity index (χ3n) is 5.83. The van der Waals surface area contributed by atoms with Gasteiger partial charge in [0.2, 0.25) is 0 Å². The van der Waals surface area contributed by atoms with Crippen LogP contribution in [0.3, 0.4) is 0 Å². The summed E-state index contributed by atoms with van der Waals surface area (Å²) in [4.78, 5) is 4.43. The molecule has 2 N–H and O–H groups in total. The predicted octanol–water partition coefficient (Wildman–Crippen LogP) is 3.35. The van der Waals surface area contributed by atoms with Crippen molar-refractivity contribution in [1.29, 1.82) is 0 Å². The monoisotopic (exact) mass is 351 g/mol. The Balaban J connectivity index is 1.58. The number of allylic oxidation sites excluding steroid dienone is 3. The molecule has 1 aromatic carbocycles. The molecule has 2 heterocycles. The molecule has 0 saturated carbocycles. The Morgan fingerprint density at radius 1 is 1.23 bits per heavy atom. The van der Waals surface area contributed by atoms with Crippen molar-refractivity contribution in [2.45, 2.75) is 44.7 Å². The fraction of sp³-hybridized carbons (Fsp3) is 0.409. The van der Waals surface area contributed by atoms with Crippen LogP contribution in [0.25, 0.3) is 0 Å². The molecule has 2 aliphatic heterocycles. The Morgan fingerprint density at radius 2 is 2.00 bits per heavy atom. The molecule has 1 unspecified atom stereocenters. The zero-order chi connectivity index (χ0) is 18.3. The van der Waals surface area contributed by atoms with E-state index in [1.807, 2.05) is 56.5 Å². The normalized spacial score (nSPS) is 34.6. The van der Waals surface area contributed by atoms with Crippen LogP contribution in [0.2, 0.25) is 0 Å². The first kappa shape index (κ1) is 17.4. The first-order valence-corrected chi connectivity index (χ1v) is 9.25. The molecule has 0 radical (unpaired) electrons. The SMILES string of the molecule is CC1=NC=CCC2=C1C=CC2[C@@H]1O[C@H]([C@H](O)c2ccccc2)[C@@H](C)[C@H]1O. The summed E-state index contributed by atoms with van der Waals surface area (Å²) in [5, 5.41) is 21.7. The number of nitrogens with zero attached hydrogens (tertiary/aromatic N) is 1. The highest BCUT2D eigenvalue weighted by molar-refractivity contribution is 6.03. The minimum absolute atomic E-state index is 0.0170. The molecule has 4 heteroatoms. The molecule has 1 aromatic rings. The van der Waals surface area contributed by atoms with Gasteiger partial charge in [-0.15, -0.1) is 0 Å². The lowest BCUT2D eigenvalue weighted by Crippen LogP contribution is -2.32. The van der Waals surface area contributed by atoms with E-state index >= 15 is 0 Å². The lowest BCUT2D eigenvalue weighted by molar-refractivity contribution is -0.0591. The molecule has 26 heavy (non-hydrogen) atoms. The summed E-state index contributed by atoms with van der Waals surface area (Å²) in [5.41, 5.74) is 4.20. The fourth-order valence-electron chi connectivity index (χ4n) is 4.30. The van der Waals surface area contributed by atoms with Crippen LogP contribution in [0.15, 0.2) is 70.9 Å². The van der Waals surface area contributed by atoms with Crippen LogP contribution in [0, 0.1) is 11.8 Å². The minimum Gasteiger partial charge on any atom is -0.390 e. The highest BCUT2D eigenvalue weighted by Gasteiger charge is 2.48. The van der Waals surface area contributed by atoms with E-state index in [0.717, 1.165) is 23.3 Å². The van der Waals surface area contributed by atoms with Gasteiger partial charge in [-0.3, -0.25) is 4.99 Å². The summed E-state index contributed by atoms with van der Waals surface area (Å²) in [7, 11) is 0. The lowest BCUT2D eigenvalue weighted by atomic mass is 9.85. The summed E-state index contributed by atoms with van der Waals surface area (Å²) >= 11 is 0. The summed E-state index contributed by atoms with van der Waals surface area (Å²) in [6, 6.07) is 9.53. The first-order valence-electron chi connectivity index (χ1n) is 9.25. The van der Waals surface area contributed by atoms with E-state index in [0.29, 0.717) is 0 Å². The van der Waals surface area contributed by atoms with Crippen molar-refractivity contribution < 1.29 is 14.9 Å². The maximum atomic E-state index is 10.9. The van der Waals surface area contributed by atoms with Gasteiger partial charge in [0.1, 0.15) is 6.10 Å². The third kappa shape index (κ3) is 2.88. The molecular formula is C22H25NO3. The van der Waals surface area contributed by atoms with Gasteiger partial charge >= 0.3 is 0 Å². The molecule has 1 saturated heterocycles. The van der Waals surface area contributed by atoms with Crippen LogP contribution >= 0.6 is 0 Å². The van der Waals surface area contributed by atoms with Gasteiger partial charge in [0, 0.05) is 23.7 Å². The Hall–Kier alpha value is -2.01. The zero-order valence-corrected chi connectivity index (χ0v) is 15.1. The van der Waals surface area contributed by atoms with Gasteiger partial charge in [-0.2, -0.15) is 0 Å². The number of aliphatic hydroxyl groups is 2. The van der Waals surface area contributed by atoms with Gasteiger partial charge in [-0.05, 0) is 30.1 Å². The van der Waals surface area contributed by atoms with Gasteiger partial charge in [-0.1, -0.05) is 55.5 Å². The molecule has 6 atom stereocenters. The van der Waals surface area contributed by atoms with E-state index in [2.05, 4.69) is 17.1 Å². The number of hydrogen-bond acceptors (Lipinski definition) is 4. The van der Waals surface area contributed by atoms with E-state index in [-0.39, 0.29) is 17.9 Å². The van der Waals surface area contributed by atoms with Crippen molar-refractivity contribution in [3.05, 3.63) is 71.5 Å². The first-order chi connectivity index (χ1) is 12.6. The molecule has 0 bridgehead atoms. The number of benzene rings is 1.